The van der Waals surface area contributed by atoms with Crippen LogP contribution in [0, 0.1) is 23.0 Å². The number of fused-ring (bicyclic) bond motifs is 2. The molecule has 3 unspecified atom stereocenters. The molecular formula is C23H24F2N4O3. The summed E-state index contributed by atoms with van der Waals surface area (Å²) in [7, 11) is 0. The molecule has 2 saturated heterocycles. The number of rotatable bonds is 6. The number of carbonyl (C=O) groups is 1. The molecule has 2 aromatic rings. The van der Waals surface area contributed by atoms with E-state index in [0.29, 0.717) is 30.9 Å². The highest BCUT2D eigenvalue weighted by Crippen LogP contribution is 2.30. The van der Waals surface area contributed by atoms with Gasteiger partial charge in [-0.2, -0.15) is 5.26 Å². The molecule has 2 heterocycles. The number of likely N-dealkylation sites (tertiary alicyclic amines) is 1. The minimum absolute atomic E-state index is 0.119. The number of urea groups is 1. The molecule has 2 aliphatic heterocycles. The number of anilines is 1. The Morgan fingerprint density at radius 2 is 1.84 bits per heavy atom. The van der Waals surface area contributed by atoms with Crippen molar-refractivity contribution in [2.24, 2.45) is 0 Å². The van der Waals surface area contributed by atoms with E-state index in [9.17, 15) is 18.7 Å². The zero-order chi connectivity index (χ0) is 22.7. The van der Waals surface area contributed by atoms with Gasteiger partial charge in [-0.15, -0.1) is 0 Å². The maximum Gasteiger partial charge on any atom is 0.321 e. The predicted molar refractivity (Wildman–Crippen MR) is 113 cm³/mol. The lowest BCUT2D eigenvalue weighted by atomic mass is 10.1. The maximum absolute atomic E-state index is 13.4. The van der Waals surface area contributed by atoms with Crippen LogP contribution in [0.2, 0.25) is 0 Å². The van der Waals surface area contributed by atoms with Crippen LogP contribution in [0.3, 0.4) is 0 Å². The van der Waals surface area contributed by atoms with Crippen molar-refractivity contribution >= 4 is 11.7 Å². The Morgan fingerprint density at radius 1 is 1.16 bits per heavy atom. The Bertz CT molecular complexity index is 997. The van der Waals surface area contributed by atoms with Crippen LogP contribution >= 0.6 is 0 Å². The van der Waals surface area contributed by atoms with Crippen molar-refractivity contribution in [2.45, 2.75) is 31.0 Å². The minimum atomic E-state index is -1.01. The molecule has 0 aromatic heterocycles. The van der Waals surface area contributed by atoms with Crippen LogP contribution in [0.5, 0.6) is 5.75 Å². The third-order valence-electron chi connectivity index (χ3n) is 5.94. The third-order valence-corrected chi connectivity index (χ3v) is 5.94. The molecule has 2 amide bonds. The van der Waals surface area contributed by atoms with Gasteiger partial charge in [0.25, 0.3) is 0 Å². The van der Waals surface area contributed by atoms with Crippen molar-refractivity contribution < 1.29 is 23.4 Å². The molecule has 4 rings (SSSR count). The molecular weight excluding hydrogens is 418 g/mol. The largest absolute Gasteiger partial charge is 0.491 e. The van der Waals surface area contributed by atoms with Crippen molar-refractivity contribution in [2.75, 3.05) is 31.6 Å². The number of amides is 2. The molecule has 7 nitrogen and oxygen atoms in total. The van der Waals surface area contributed by atoms with Crippen LogP contribution in [-0.2, 0) is 0 Å². The molecule has 2 bridgehead atoms. The third kappa shape index (κ3) is 4.98. The first-order valence-corrected chi connectivity index (χ1v) is 10.5. The van der Waals surface area contributed by atoms with Gasteiger partial charge < -0.3 is 20.1 Å². The Morgan fingerprint density at radius 3 is 2.47 bits per heavy atom. The molecule has 32 heavy (non-hydrogen) atoms. The van der Waals surface area contributed by atoms with Crippen LogP contribution in [0.25, 0.3) is 0 Å². The summed E-state index contributed by atoms with van der Waals surface area (Å²) in [6.07, 6.45) is 1.14. The first-order chi connectivity index (χ1) is 15.4. The average Bonchev–Trinajstić information content (AvgIpc) is 3.01. The SMILES string of the molecule is N#Cc1ccc(OCC(O)CN2C3CCC2CN(C(=O)Nc2ccc(F)c(F)c2)C3)cc1. The molecule has 2 N–H and O–H groups in total. The first-order valence-electron chi connectivity index (χ1n) is 10.5. The van der Waals surface area contributed by atoms with Crippen LogP contribution < -0.4 is 10.1 Å². The van der Waals surface area contributed by atoms with Crippen molar-refractivity contribution in [3.63, 3.8) is 0 Å². The van der Waals surface area contributed by atoms with E-state index < -0.39 is 17.7 Å². The number of aliphatic hydroxyl groups is 1. The molecule has 9 heteroatoms. The minimum Gasteiger partial charge on any atom is -0.491 e. The standard InChI is InChI=1S/C23H24F2N4O3/c24-21-8-3-16(9-22(21)25)27-23(31)28-11-17-4-5-18(12-28)29(17)13-19(30)14-32-20-6-1-15(10-26)2-7-20/h1-3,6-9,17-19,30H,4-5,11-14H2,(H,27,31). The smallest absolute Gasteiger partial charge is 0.321 e. The van der Waals surface area contributed by atoms with Crippen LogP contribution in [0.4, 0.5) is 19.3 Å². The van der Waals surface area contributed by atoms with Gasteiger partial charge >= 0.3 is 6.03 Å². The molecule has 0 radical (unpaired) electrons. The predicted octanol–water partition coefficient (Wildman–Crippen LogP) is 2.96. The van der Waals surface area contributed by atoms with Crippen LogP contribution in [-0.4, -0.2) is 65.4 Å². The second-order valence-corrected chi connectivity index (χ2v) is 8.15. The highest BCUT2D eigenvalue weighted by atomic mass is 19.2. The number of piperazine rings is 1. The van der Waals surface area contributed by atoms with Gasteiger partial charge in [-0.1, -0.05) is 0 Å². The van der Waals surface area contributed by atoms with Crippen molar-refractivity contribution in [1.29, 1.82) is 5.26 Å². The summed E-state index contributed by atoms with van der Waals surface area (Å²) in [6.45, 7) is 1.55. The highest BCUT2D eigenvalue weighted by molar-refractivity contribution is 5.89. The van der Waals surface area contributed by atoms with E-state index in [1.807, 2.05) is 6.07 Å². The van der Waals surface area contributed by atoms with E-state index in [0.717, 1.165) is 25.0 Å². The van der Waals surface area contributed by atoms with Gasteiger partial charge in [-0.25, -0.2) is 13.6 Å². The fourth-order valence-electron chi connectivity index (χ4n) is 4.34. The average molecular weight is 442 g/mol. The molecule has 2 aliphatic rings. The van der Waals surface area contributed by atoms with E-state index in [4.69, 9.17) is 10.00 Å². The number of aliphatic hydroxyl groups excluding tert-OH is 1. The summed E-state index contributed by atoms with van der Waals surface area (Å²) in [6, 6.07) is 11.9. The number of nitriles is 1. The van der Waals surface area contributed by atoms with E-state index in [1.165, 1.54) is 6.07 Å². The van der Waals surface area contributed by atoms with Gasteiger partial charge in [0.1, 0.15) is 18.5 Å². The molecule has 0 saturated carbocycles. The van der Waals surface area contributed by atoms with E-state index in [-0.39, 0.29) is 30.4 Å². The monoisotopic (exact) mass is 442 g/mol. The van der Waals surface area contributed by atoms with Crippen LogP contribution in [0.1, 0.15) is 18.4 Å². The highest BCUT2D eigenvalue weighted by Gasteiger charge is 2.41. The van der Waals surface area contributed by atoms with E-state index in [1.54, 1.807) is 29.2 Å². The summed E-state index contributed by atoms with van der Waals surface area (Å²) in [5, 5.41) is 21.9. The molecule has 2 aromatic carbocycles. The zero-order valence-electron chi connectivity index (χ0n) is 17.4. The summed E-state index contributed by atoms with van der Waals surface area (Å²) < 4.78 is 32.1. The number of nitrogens with zero attached hydrogens (tertiary/aromatic N) is 3. The number of halogens is 2. The van der Waals surface area contributed by atoms with Crippen molar-refractivity contribution in [1.82, 2.24) is 9.80 Å². The van der Waals surface area contributed by atoms with Gasteiger partial charge in [0, 0.05) is 43.5 Å². The fraction of sp³-hybridized carbons (Fsp3) is 0.391. The van der Waals surface area contributed by atoms with Gasteiger partial charge in [0.05, 0.1) is 11.6 Å². The molecule has 168 valence electrons. The number of ether oxygens (including phenoxy) is 1. The normalized spacial score (nSPS) is 21.1. The molecule has 0 spiro atoms. The van der Waals surface area contributed by atoms with E-state index >= 15 is 0 Å². The molecule has 2 fully saturated rings. The summed E-state index contributed by atoms with van der Waals surface area (Å²) in [5.41, 5.74) is 0.750. The number of benzene rings is 2. The molecule has 3 atom stereocenters. The summed E-state index contributed by atoms with van der Waals surface area (Å²) in [4.78, 5) is 16.5. The van der Waals surface area contributed by atoms with Gasteiger partial charge in [0.15, 0.2) is 11.6 Å². The van der Waals surface area contributed by atoms with Gasteiger partial charge in [-0.3, -0.25) is 4.90 Å². The number of hydrogen-bond donors (Lipinski definition) is 2. The number of nitrogens with one attached hydrogen (secondary N) is 1. The maximum atomic E-state index is 13.4. The Hall–Kier alpha value is -3.22. The number of carbonyl (C=O) groups excluding carboxylic acids is 1. The number of hydrogen-bond acceptors (Lipinski definition) is 5. The lowest BCUT2D eigenvalue weighted by molar-refractivity contribution is 0.0213. The van der Waals surface area contributed by atoms with Crippen LogP contribution in [0.15, 0.2) is 42.5 Å². The van der Waals surface area contributed by atoms with Gasteiger partial charge in [0.2, 0.25) is 0 Å². The summed E-state index contributed by atoms with van der Waals surface area (Å²) >= 11 is 0. The zero-order valence-corrected chi connectivity index (χ0v) is 17.4. The molecule has 0 aliphatic carbocycles. The van der Waals surface area contributed by atoms with E-state index in [2.05, 4.69) is 10.2 Å². The Labute approximate surface area is 184 Å². The Balaban J connectivity index is 1.28. The topological polar surface area (TPSA) is 88.8 Å². The lowest BCUT2D eigenvalue weighted by Crippen LogP contribution is -2.57. The second kappa shape index (κ2) is 9.51. The van der Waals surface area contributed by atoms with Gasteiger partial charge in [-0.05, 0) is 49.2 Å². The van der Waals surface area contributed by atoms with Crippen molar-refractivity contribution in [3.05, 3.63) is 59.7 Å². The lowest BCUT2D eigenvalue weighted by Gasteiger charge is -2.41. The van der Waals surface area contributed by atoms with Crippen molar-refractivity contribution in [3.8, 4) is 11.8 Å². The first kappa shape index (κ1) is 22.0. The Kier molecular flexibility index (Phi) is 6.53. The second-order valence-electron chi connectivity index (χ2n) is 8.15. The fourth-order valence-corrected chi connectivity index (χ4v) is 4.34. The quantitative estimate of drug-likeness (QED) is 0.718. The summed E-state index contributed by atoms with van der Waals surface area (Å²) in [5.74, 6) is -1.38.